The molecule has 1 atom stereocenters. The van der Waals surface area contributed by atoms with Gasteiger partial charge in [0.25, 0.3) is 5.91 Å². The molecule has 30 heavy (non-hydrogen) atoms. The summed E-state index contributed by atoms with van der Waals surface area (Å²) in [6, 6.07) is 18.9. The number of amides is 1. The number of carbonyl (C=O) groups is 1. The van der Waals surface area contributed by atoms with E-state index in [1.54, 1.807) is 0 Å². The number of piperidine rings is 1. The van der Waals surface area contributed by atoms with E-state index in [0.29, 0.717) is 0 Å². The van der Waals surface area contributed by atoms with E-state index in [9.17, 15) is 4.79 Å². The Morgan fingerprint density at radius 2 is 1.53 bits per heavy atom. The molecule has 0 saturated carbocycles. The van der Waals surface area contributed by atoms with Crippen LogP contribution in [0.1, 0.15) is 50.7 Å². The molecule has 1 fully saturated rings. The molecule has 1 unspecified atom stereocenters. The Balaban J connectivity index is 0.00000256. The molecule has 0 N–H and O–H groups in total. The first-order valence-corrected chi connectivity index (χ1v) is 11.2. The van der Waals surface area contributed by atoms with E-state index in [2.05, 4.69) is 72.3 Å². The van der Waals surface area contributed by atoms with Gasteiger partial charge in [-0.25, -0.2) is 10.0 Å². The van der Waals surface area contributed by atoms with Crippen molar-refractivity contribution in [1.29, 1.82) is 0 Å². The van der Waals surface area contributed by atoms with Gasteiger partial charge in [-0.1, -0.05) is 68.8 Å². The number of halogens is 1. The molecule has 2 aliphatic heterocycles. The van der Waals surface area contributed by atoms with Crippen molar-refractivity contribution >= 4 is 24.0 Å². The molecular weight excluding hydrogens is 394 g/mol. The van der Waals surface area contributed by atoms with Gasteiger partial charge in [-0.15, -0.1) is 12.4 Å². The maximum Gasteiger partial charge on any atom is 0.256 e. The molecule has 0 spiro atoms. The summed E-state index contributed by atoms with van der Waals surface area (Å²) in [5.74, 6) is 0.221. The SMILES string of the molecule is CCN(CC)CCC1(c2ccccc2)C(=O)N(N2CCCCC2)c2ccccc21.Cl. The van der Waals surface area contributed by atoms with Gasteiger partial charge >= 0.3 is 0 Å². The van der Waals surface area contributed by atoms with E-state index < -0.39 is 5.41 Å². The monoisotopic (exact) mass is 427 g/mol. The number of hydrazine groups is 1. The third-order valence-corrected chi connectivity index (χ3v) is 6.73. The Bertz CT molecular complexity index is 833. The van der Waals surface area contributed by atoms with Crippen LogP contribution in [0.15, 0.2) is 54.6 Å². The van der Waals surface area contributed by atoms with Gasteiger partial charge in [0, 0.05) is 13.1 Å². The summed E-state index contributed by atoms with van der Waals surface area (Å²) in [5.41, 5.74) is 2.73. The van der Waals surface area contributed by atoms with Crippen molar-refractivity contribution in [2.24, 2.45) is 0 Å². The minimum Gasteiger partial charge on any atom is -0.304 e. The molecule has 0 bridgehead atoms. The predicted octanol–water partition coefficient (Wildman–Crippen LogP) is 4.87. The highest BCUT2D eigenvalue weighted by atomic mass is 35.5. The number of nitrogens with zero attached hydrogens (tertiary/aromatic N) is 3. The topological polar surface area (TPSA) is 26.8 Å². The number of rotatable bonds is 7. The maximum absolute atomic E-state index is 14.2. The number of fused-ring (bicyclic) bond motifs is 1. The molecule has 1 amide bonds. The van der Waals surface area contributed by atoms with Crippen molar-refractivity contribution in [2.75, 3.05) is 37.7 Å². The van der Waals surface area contributed by atoms with Crippen LogP contribution in [0.4, 0.5) is 5.69 Å². The van der Waals surface area contributed by atoms with Crippen LogP contribution >= 0.6 is 12.4 Å². The predicted molar refractivity (Wildman–Crippen MR) is 126 cm³/mol. The molecule has 2 heterocycles. The lowest BCUT2D eigenvalue weighted by atomic mass is 9.72. The van der Waals surface area contributed by atoms with Crippen molar-refractivity contribution < 1.29 is 4.79 Å². The van der Waals surface area contributed by atoms with E-state index >= 15 is 0 Å². The summed E-state index contributed by atoms with van der Waals surface area (Å²) in [7, 11) is 0. The highest BCUT2D eigenvalue weighted by molar-refractivity contribution is 6.09. The van der Waals surface area contributed by atoms with E-state index in [4.69, 9.17) is 0 Å². The van der Waals surface area contributed by atoms with Gasteiger partial charge in [-0.05, 0) is 56.1 Å². The number of benzene rings is 2. The standard InChI is InChI=1S/C25H33N3O.ClH/c1-3-26(4-2)20-17-25(21-13-7-5-8-14-21)22-15-9-10-16-23(22)28(24(25)29)27-18-11-6-12-19-27;/h5,7-10,13-16H,3-4,6,11-12,17-20H2,1-2H3;1H. The zero-order valence-corrected chi connectivity index (χ0v) is 19.0. The van der Waals surface area contributed by atoms with Crippen LogP contribution in [-0.2, 0) is 10.2 Å². The summed E-state index contributed by atoms with van der Waals surface area (Å²) in [6.45, 7) is 9.24. The first-order chi connectivity index (χ1) is 14.2. The van der Waals surface area contributed by atoms with Gasteiger partial charge < -0.3 is 4.90 Å². The highest BCUT2D eigenvalue weighted by Gasteiger charge is 2.53. The Morgan fingerprint density at radius 1 is 0.900 bits per heavy atom. The zero-order valence-electron chi connectivity index (χ0n) is 18.2. The molecule has 4 nitrogen and oxygen atoms in total. The maximum atomic E-state index is 14.2. The number of anilines is 1. The molecule has 5 heteroatoms. The Hall–Kier alpha value is -1.88. The summed E-state index contributed by atoms with van der Waals surface area (Å²) in [6.07, 6.45) is 4.37. The highest BCUT2D eigenvalue weighted by Crippen LogP contribution is 2.49. The average molecular weight is 428 g/mol. The Morgan fingerprint density at radius 3 is 2.20 bits per heavy atom. The van der Waals surface area contributed by atoms with Gasteiger partial charge in [0.05, 0.1) is 5.69 Å². The second-order valence-electron chi connectivity index (χ2n) is 8.20. The third kappa shape index (κ3) is 3.89. The van der Waals surface area contributed by atoms with Crippen LogP contribution in [0.5, 0.6) is 0 Å². The van der Waals surface area contributed by atoms with Crippen LogP contribution in [0.25, 0.3) is 0 Å². The number of hydrogen-bond donors (Lipinski definition) is 0. The van der Waals surface area contributed by atoms with Gasteiger partial charge in [-0.3, -0.25) is 4.79 Å². The van der Waals surface area contributed by atoms with E-state index in [1.165, 1.54) is 6.42 Å². The van der Waals surface area contributed by atoms with Gasteiger partial charge in [-0.2, -0.15) is 0 Å². The molecule has 2 aliphatic rings. The smallest absolute Gasteiger partial charge is 0.256 e. The van der Waals surface area contributed by atoms with Gasteiger partial charge in [0.15, 0.2) is 0 Å². The molecule has 2 aromatic rings. The summed E-state index contributed by atoms with van der Waals surface area (Å²) >= 11 is 0. The Labute approximate surface area is 187 Å². The number of para-hydroxylation sites is 1. The number of hydrogen-bond acceptors (Lipinski definition) is 3. The lowest BCUT2D eigenvalue weighted by molar-refractivity contribution is -0.125. The molecule has 0 aliphatic carbocycles. The zero-order chi connectivity index (χ0) is 20.3. The van der Waals surface area contributed by atoms with Crippen LogP contribution in [0.2, 0.25) is 0 Å². The van der Waals surface area contributed by atoms with E-state index in [-0.39, 0.29) is 18.3 Å². The lowest BCUT2D eigenvalue weighted by Gasteiger charge is -2.37. The van der Waals surface area contributed by atoms with E-state index in [1.807, 2.05) is 11.1 Å². The summed E-state index contributed by atoms with van der Waals surface area (Å²) in [5, 5.41) is 4.30. The molecule has 0 aromatic heterocycles. The van der Waals surface area contributed by atoms with Gasteiger partial charge in [0.1, 0.15) is 5.41 Å². The minimum absolute atomic E-state index is 0. The third-order valence-electron chi connectivity index (χ3n) is 6.73. The quantitative estimate of drug-likeness (QED) is 0.630. The normalized spacial score (nSPS) is 21.6. The van der Waals surface area contributed by atoms with Crippen LogP contribution in [-0.4, -0.2) is 48.5 Å². The fourth-order valence-corrected chi connectivity index (χ4v) is 5.04. The first kappa shape index (κ1) is 22.8. The van der Waals surface area contributed by atoms with Crippen molar-refractivity contribution in [2.45, 2.75) is 44.9 Å². The summed E-state index contributed by atoms with van der Waals surface area (Å²) in [4.78, 5) is 16.7. The van der Waals surface area contributed by atoms with Crippen LogP contribution < -0.4 is 5.01 Å². The molecule has 162 valence electrons. The van der Waals surface area contributed by atoms with Crippen molar-refractivity contribution in [3.8, 4) is 0 Å². The second kappa shape index (κ2) is 9.95. The van der Waals surface area contributed by atoms with Crippen molar-refractivity contribution in [3.05, 3.63) is 65.7 Å². The lowest BCUT2D eigenvalue weighted by Crippen LogP contribution is -2.52. The van der Waals surface area contributed by atoms with Crippen LogP contribution in [0.3, 0.4) is 0 Å². The molecule has 1 saturated heterocycles. The first-order valence-electron chi connectivity index (χ1n) is 11.2. The van der Waals surface area contributed by atoms with E-state index in [0.717, 1.165) is 68.8 Å². The molecule has 0 radical (unpaired) electrons. The van der Waals surface area contributed by atoms with Crippen molar-refractivity contribution in [3.63, 3.8) is 0 Å². The number of carbonyl (C=O) groups excluding carboxylic acids is 1. The molecule has 4 rings (SSSR count). The second-order valence-corrected chi connectivity index (χ2v) is 8.20. The molecular formula is C25H34ClN3O. The largest absolute Gasteiger partial charge is 0.304 e. The molecule has 2 aromatic carbocycles. The average Bonchev–Trinajstić information content (AvgIpc) is 3.04. The van der Waals surface area contributed by atoms with Crippen molar-refractivity contribution in [1.82, 2.24) is 9.91 Å². The summed E-state index contributed by atoms with van der Waals surface area (Å²) < 4.78 is 0. The van der Waals surface area contributed by atoms with Crippen LogP contribution in [0, 0.1) is 0 Å². The fraction of sp³-hybridized carbons (Fsp3) is 0.480. The fourth-order valence-electron chi connectivity index (χ4n) is 5.04. The Kier molecular flexibility index (Phi) is 7.56. The van der Waals surface area contributed by atoms with Gasteiger partial charge in [0.2, 0.25) is 0 Å². The minimum atomic E-state index is -0.613.